The third-order valence-electron chi connectivity index (χ3n) is 1.78. The first kappa shape index (κ1) is 10.4. The lowest BCUT2D eigenvalue weighted by Crippen LogP contribution is -1.89. The van der Waals surface area contributed by atoms with Crippen LogP contribution in [0.5, 0.6) is 0 Å². The minimum absolute atomic E-state index is 0.249. The molecule has 0 saturated heterocycles. The van der Waals surface area contributed by atoms with Crippen LogP contribution in [0.1, 0.15) is 5.69 Å². The monoisotopic (exact) mass is 242 g/mol. The summed E-state index contributed by atoms with van der Waals surface area (Å²) in [7, 11) is 0. The minimum atomic E-state index is -0.249. The number of hydrogen-bond donors (Lipinski definition) is 1. The molecule has 0 aliphatic heterocycles. The number of rotatable bonds is 3. The molecule has 1 N–H and O–H groups in total. The Balaban J connectivity index is 2.11. The van der Waals surface area contributed by atoms with Gasteiger partial charge in [0.25, 0.3) is 0 Å². The zero-order valence-electron chi connectivity index (χ0n) is 7.71. The molecule has 2 nitrogen and oxygen atoms in total. The predicted molar refractivity (Wildman–Crippen MR) is 61.4 cm³/mol. The molecule has 0 unspecified atom stereocenters. The summed E-state index contributed by atoms with van der Waals surface area (Å²) in [6.45, 7) is 0. The lowest BCUT2D eigenvalue weighted by molar-refractivity contribution is 0.628. The molecule has 0 spiro atoms. The van der Waals surface area contributed by atoms with Crippen LogP contribution in [0.3, 0.4) is 0 Å². The second-order valence-electron chi connectivity index (χ2n) is 2.91. The van der Waals surface area contributed by atoms with Gasteiger partial charge in [-0.05, 0) is 24.3 Å². The second-order valence-corrected chi connectivity index (χ2v) is 4.03. The van der Waals surface area contributed by atoms with Crippen LogP contribution in [0.25, 0.3) is 0 Å². The van der Waals surface area contributed by atoms with E-state index in [1.807, 2.05) is 5.38 Å². The third kappa shape index (κ3) is 2.67. The van der Waals surface area contributed by atoms with Crippen LogP contribution in [0.2, 0.25) is 0 Å². The van der Waals surface area contributed by atoms with Crippen molar-refractivity contribution in [2.75, 3.05) is 5.32 Å². The zero-order chi connectivity index (χ0) is 10.7. The molecule has 0 fully saturated rings. The molecular formula is C10H8ClFN2S. The van der Waals surface area contributed by atoms with Crippen molar-refractivity contribution >= 4 is 33.8 Å². The number of halogens is 2. The van der Waals surface area contributed by atoms with Gasteiger partial charge in [-0.2, -0.15) is 0 Å². The Morgan fingerprint density at radius 1 is 1.33 bits per heavy atom. The third-order valence-corrected chi connectivity index (χ3v) is 2.86. The topological polar surface area (TPSA) is 24.9 Å². The van der Waals surface area contributed by atoms with Gasteiger partial charge in [-0.3, -0.25) is 0 Å². The van der Waals surface area contributed by atoms with E-state index in [0.29, 0.717) is 5.88 Å². The van der Waals surface area contributed by atoms with Crippen LogP contribution in [-0.4, -0.2) is 4.98 Å². The molecule has 1 aromatic carbocycles. The Kier molecular flexibility index (Phi) is 3.18. The molecular weight excluding hydrogens is 235 g/mol. The van der Waals surface area contributed by atoms with Gasteiger partial charge >= 0.3 is 0 Å². The molecule has 0 atom stereocenters. The molecule has 15 heavy (non-hydrogen) atoms. The molecule has 1 aromatic heterocycles. The van der Waals surface area contributed by atoms with Crippen molar-refractivity contribution in [1.29, 1.82) is 0 Å². The first-order chi connectivity index (χ1) is 7.28. The maximum Gasteiger partial charge on any atom is 0.187 e. The summed E-state index contributed by atoms with van der Waals surface area (Å²) in [5, 5.41) is 5.72. The number of thiazole rings is 1. The molecule has 1 heterocycles. The Morgan fingerprint density at radius 2 is 2.07 bits per heavy atom. The summed E-state index contributed by atoms with van der Waals surface area (Å²) in [6, 6.07) is 6.13. The summed E-state index contributed by atoms with van der Waals surface area (Å²) in [4.78, 5) is 4.23. The highest BCUT2D eigenvalue weighted by molar-refractivity contribution is 7.13. The fourth-order valence-electron chi connectivity index (χ4n) is 1.08. The first-order valence-electron chi connectivity index (χ1n) is 4.31. The van der Waals surface area contributed by atoms with Gasteiger partial charge in [0.1, 0.15) is 5.82 Å². The van der Waals surface area contributed by atoms with Crippen LogP contribution in [-0.2, 0) is 5.88 Å². The molecule has 0 amide bonds. The second kappa shape index (κ2) is 4.59. The van der Waals surface area contributed by atoms with Gasteiger partial charge in [-0.25, -0.2) is 9.37 Å². The Hall–Kier alpha value is -1.13. The molecule has 78 valence electrons. The number of hydrogen-bond acceptors (Lipinski definition) is 3. The van der Waals surface area contributed by atoms with E-state index in [2.05, 4.69) is 10.3 Å². The highest BCUT2D eigenvalue weighted by Crippen LogP contribution is 2.21. The fraction of sp³-hybridized carbons (Fsp3) is 0.100. The van der Waals surface area contributed by atoms with E-state index in [-0.39, 0.29) is 5.82 Å². The minimum Gasteiger partial charge on any atom is -0.332 e. The number of nitrogens with zero attached hydrogens (tertiary/aromatic N) is 1. The van der Waals surface area contributed by atoms with Gasteiger partial charge in [0, 0.05) is 11.1 Å². The molecule has 0 aliphatic rings. The summed E-state index contributed by atoms with van der Waals surface area (Å²) >= 11 is 7.10. The molecule has 0 saturated carbocycles. The van der Waals surface area contributed by atoms with Gasteiger partial charge < -0.3 is 5.32 Å². The van der Waals surface area contributed by atoms with Crippen molar-refractivity contribution in [2.45, 2.75) is 5.88 Å². The molecule has 5 heteroatoms. The molecule has 0 bridgehead atoms. The summed E-state index contributed by atoms with van der Waals surface area (Å²) in [5.41, 5.74) is 1.65. The van der Waals surface area contributed by atoms with E-state index >= 15 is 0 Å². The van der Waals surface area contributed by atoms with E-state index < -0.39 is 0 Å². The number of nitrogens with one attached hydrogen (secondary N) is 1. The quantitative estimate of drug-likeness (QED) is 0.829. The maximum absolute atomic E-state index is 12.6. The lowest BCUT2D eigenvalue weighted by atomic mass is 10.3. The average Bonchev–Trinajstić information content (AvgIpc) is 2.69. The van der Waals surface area contributed by atoms with Crippen molar-refractivity contribution in [1.82, 2.24) is 4.98 Å². The van der Waals surface area contributed by atoms with Gasteiger partial charge in [0.2, 0.25) is 0 Å². The van der Waals surface area contributed by atoms with Crippen LogP contribution in [0.4, 0.5) is 15.2 Å². The van der Waals surface area contributed by atoms with Gasteiger partial charge in [0.05, 0.1) is 11.6 Å². The lowest BCUT2D eigenvalue weighted by Gasteiger charge is -2.00. The Labute approximate surface area is 95.7 Å². The van der Waals surface area contributed by atoms with Crippen LogP contribution in [0, 0.1) is 5.82 Å². The SMILES string of the molecule is Fc1ccc(Nc2nc(CCl)cs2)cc1. The maximum atomic E-state index is 12.6. The van der Waals surface area contributed by atoms with E-state index in [1.54, 1.807) is 12.1 Å². The van der Waals surface area contributed by atoms with Crippen LogP contribution < -0.4 is 5.32 Å². The zero-order valence-corrected chi connectivity index (χ0v) is 9.28. The summed E-state index contributed by atoms with van der Waals surface area (Å²) < 4.78 is 12.6. The van der Waals surface area contributed by atoms with E-state index in [9.17, 15) is 4.39 Å². The first-order valence-corrected chi connectivity index (χ1v) is 5.72. The Bertz CT molecular complexity index is 441. The summed E-state index contributed by atoms with van der Waals surface area (Å²) in [5.74, 6) is 0.155. The molecule has 0 radical (unpaired) electrons. The predicted octanol–water partition coefficient (Wildman–Crippen LogP) is 3.76. The van der Waals surface area contributed by atoms with Crippen LogP contribution >= 0.6 is 22.9 Å². The van der Waals surface area contributed by atoms with Crippen molar-refractivity contribution in [3.8, 4) is 0 Å². The van der Waals surface area contributed by atoms with Gasteiger partial charge in [-0.1, -0.05) is 0 Å². The van der Waals surface area contributed by atoms with Crippen LogP contribution in [0.15, 0.2) is 29.6 Å². The van der Waals surface area contributed by atoms with Crippen molar-refractivity contribution in [3.05, 3.63) is 41.2 Å². The number of aromatic nitrogens is 1. The number of benzene rings is 1. The van der Waals surface area contributed by atoms with Crippen molar-refractivity contribution in [2.24, 2.45) is 0 Å². The molecule has 2 rings (SSSR count). The van der Waals surface area contributed by atoms with E-state index in [1.165, 1.54) is 23.5 Å². The highest BCUT2D eigenvalue weighted by Gasteiger charge is 2.01. The van der Waals surface area contributed by atoms with Gasteiger partial charge in [-0.15, -0.1) is 22.9 Å². The largest absolute Gasteiger partial charge is 0.332 e. The molecule has 2 aromatic rings. The van der Waals surface area contributed by atoms with Crippen molar-refractivity contribution in [3.63, 3.8) is 0 Å². The number of alkyl halides is 1. The standard InChI is InChI=1S/C10H8ClFN2S/c11-5-9-6-15-10(14-9)13-8-3-1-7(12)2-4-8/h1-4,6H,5H2,(H,13,14). The molecule has 0 aliphatic carbocycles. The Morgan fingerprint density at radius 3 is 2.67 bits per heavy atom. The van der Waals surface area contributed by atoms with E-state index in [4.69, 9.17) is 11.6 Å². The van der Waals surface area contributed by atoms with Gasteiger partial charge in [0.15, 0.2) is 5.13 Å². The van der Waals surface area contributed by atoms with E-state index in [0.717, 1.165) is 16.5 Å². The normalized spacial score (nSPS) is 10.3. The smallest absolute Gasteiger partial charge is 0.187 e. The average molecular weight is 243 g/mol. The highest BCUT2D eigenvalue weighted by atomic mass is 35.5. The summed E-state index contributed by atoms with van der Waals surface area (Å²) in [6.07, 6.45) is 0. The van der Waals surface area contributed by atoms with Crippen molar-refractivity contribution < 1.29 is 4.39 Å². The fourth-order valence-corrected chi connectivity index (χ4v) is 2.04. The number of anilines is 2.